The van der Waals surface area contributed by atoms with Gasteiger partial charge >= 0.3 is 5.97 Å². The second-order valence-electron chi connectivity index (χ2n) is 3.40. The third-order valence-electron chi connectivity index (χ3n) is 2.22. The van der Waals surface area contributed by atoms with Gasteiger partial charge in [0.15, 0.2) is 0 Å². The van der Waals surface area contributed by atoms with Crippen LogP contribution in [0.5, 0.6) is 0 Å². The number of nitrogens with one attached hydrogen (secondary N) is 1. The molecule has 0 heterocycles. The Balaban J connectivity index is 3.10. The highest BCUT2D eigenvalue weighted by molar-refractivity contribution is 5.94. The molecule has 0 spiro atoms. The summed E-state index contributed by atoms with van der Waals surface area (Å²) in [5.41, 5.74) is 2.09. The van der Waals surface area contributed by atoms with E-state index >= 15 is 0 Å². The Kier molecular flexibility index (Phi) is 4.05. The van der Waals surface area contributed by atoms with Gasteiger partial charge in [0.2, 0.25) is 5.91 Å². The van der Waals surface area contributed by atoms with E-state index in [9.17, 15) is 9.59 Å². The first-order chi connectivity index (χ1) is 7.58. The van der Waals surface area contributed by atoms with E-state index in [2.05, 4.69) is 10.1 Å². The number of carbonyl (C=O) groups is 2. The number of methoxy groups -OCH3 is 1. The van der Waals surface area contributed by atoms with Crippen LogP contribution in [0.2, 0.25) is 0 Å². The summed E-state index contributed by atoms with van der Waals surface area (Å²) in [6, 6.07) is 5.14. The van der Waals surface area contributed by atoms with Crippen LogP contribution in [0.3, 0.4) is 0 Å². The van der Waals surface area contributed by atoms with Gasteiger partial charge < -0.3 is 10.1 Å². The Bertz CT molecular complexity index is 413. The average molecular weight is 221 g/mol. The molecule has 0 unspecified atom stereocenters. The maximum atomic E-state index is 11.3. The number of anilines is 1. The minimum absolute atomic E-state index is 0.156. The van der Waals surface area contributed by atoms with E-state index in [1.807, 2.05) is 13.0 Å². The van der Waals surface area contributed by atoms with Gasteiger partial charge in [-0.3, -0.25) is 4.79 Å². The molecule has 0 aromatic heterocycles. The summed E-state index contributed by atoms with van der Waals surface area (Å²) in [5, 5.41) is 2.70. The van der Waals surface area contributed by atoms with Crippen LogP contribution < -0.4 is 5.32 Å². The molecule has 0 fully saturated rings. The van der Waals surface area contributed by atoms with Crippen LogP contribution in [0.15, 0.2) is 18.2 Å². The molecule has 1 amide bonds. The highest BCUT2D eigenvalue weighted by Crippen LogP contribution is 2.19. The van der Waals surface area contributed by atoms with Crippen molar-refractivity contribution < 1.29 is 14.3 Å². The van der Waals surface area contributed by atoms with Gasteiger partial charge in [0.25, 0.3) is 0 Å². The molecule has 0 saturated heterocycles. The minimum Gasteiger partial charge on any atom is -0.465 e. The Morgan fingerprint density at radius 2 is 2.06 bits per heavy atom. The smallest absolute Gasteiger partial charge is 0.337 e. The van der Waals surface area contributed by atoms with E-state index < -0.39 is 5.97 Å². The second kappa shape index (κ2) is 5.30. The van der Waals surface area contributed by atoms with Crippen molar-refractivity contribution in [2.24, 2.45) is 0 Å². The minimum atomic E-state index is -0.408. The molecule has 16 heavy (non-hydrogen) atoms. The molecule has 0 aliphatic carbocycles. The number of amides is 1. The number of rotatable bonds is 3. The quantitative estimate of drug-likeness (QED) is 0.794. The fourth-order valence-corrected chi connectivity index (χ4v) is 1.44. The van der Waals surface area contributed by atoms with Gasteiger partial charge in [-0.15, -0.1) is 0 Å². The Morgan fingerprint density at radius 3 is 2.56 bits per heavy atom. The zero-order valence-electron chi connectivity index (χ0n) is 9.66. The van der Waals surface area contributed by atoms with E-state index in [0.717, 1.165) is 12.0 Å². The molecule has 1 rings (SSSR count). The molecule has 0 aliphatic heterocycles. The highest BCUT2D eigenvalue weighted by atomic mass is 16.5. The van der Waals surface area contributed by atoms with Crippen molar-refractivity contribution >= 4 is 17.6 Å². The van der Waals surface area contributed by atoms with Crippen molar-refractivity contribution in [2.45, 2.75) is 20.3 Å². The summed E-state index contributed by atoms with van der Waals surface area (Å²) in [4.78, 5) is 22.3. The first-order valence-corrected chi connectivity index (χ1v) is 5.07. The lowest BCUT2D eigenvalue weighted by atomic mass is 10.1. The zero-order chi connectivity index (χ0) is 12.1. The molecule has 0 atom stereocenters. The molecule has 1 aromatic rings. The number of esters is 1. The topological polar surface area (TPSA) is 55.4 Å². The maximum absolute atomic E-state index is 11.3. The Labute approximate surface area is 94.6 Å². The van der Waals surface area contributed by atoms with E-state index in [-0.39, 0.29) is 5.91 Å². The van der Waals surface area contributed by atoms with Crippen LogP contribution in [-0.4, -0.2) is 19.0 Å². The average Bonchev–Trinajstić information content (AvgIpc) is 2.27. The van der Waals surface area contributed by atoms with Crippen molar-refractivity contribution in [3.05, 3.63) is 29.3 Å². The standard InChI is InChI=1S/C12H15NO3/c1-4-9-5-6-10(12(15)16-3)7-11(9)13-8(2)14/h5-7H,4H2,1-3H3,(H,13,14). The molecule has 0 saturated carbocycles. The molecule has 0 bridgehead atoms. The molecular formula is C12H15NO3. The SMILES string of the molecule is CCc1ccc(C(=O)OC)cc1NC(C)=O. The second-order valence-corrected chi connectivity index (χ2v) is 3.40. The summed E-state index contributed by atoms with van der Waals surface area (Å²) < 4.78 is 4.62. The monoisotopic (exact) mass is 221 g/mol. The number of aryl methyl sites for hydroxylation is 1. The number of hydrogen-bond acceptors (Lipinski definition) is 3. The first-order valence-electron chi connectivity index (χ1n) is 5.07. The third-order valence-corrected chi connectivity index (χ3v) is 2.22. The molecule has 1 aromatic carbocycles. The van der Waals surface area contributed by atoms with Crippen molar-refractivity contribution in [1.82, 2.24) is 0 Å². The lowest BCUT2D eigenvalue weighted by Crippen LogP contribution is -2.10. The van der Waals surface area contributed by atoms with E-state index in [0.29, 0.717) is 11.3 Å². The summed E-state index contributed by atoms with van der Waals surface area (Å²) >= 11 is 0. The highest BCUT2D eigenvalue weighted by Gasteiger charge is 2.09. The van der Waals surface area contributed by atoms with Gasteiger partial charge in [0, 0.05) is 12.6 Å². The fourth-order valence-electron chi connectivity index (χ4n) is 1.44. The maximum Gasteiger partial charge on any atom is 0.337 e. The van der Waals surface area contributed by atoms with Gasteiger partial charge in [-0.1, -0.05) is 13.0 Å². The molecule has 86 valence electrons. The van der Waals surface area contributed by atoms with Gasteiger partial charge in [-0.2, -0.15) is 0 Å². The number of hydrogen-bond donors (Lipinski definition) is 1. The molecule has 1 N–H and O–H groups in total. The van der Waals surface area contributed by atoms with E-state index in [1.54, 1.807) is 12.1 Å². The first kappa shape index (κ1) is 12.2. The van der Waals surface area contributed by atoms with Crippen molar-refractivity contribution in [3.8, 4) is 0 Å². The zero-order valence-corrected chi connectivity index (χ0v) is 9.66. The van der Waals surface area contributed by atoms with Gasteiger partial charge in [0.1, 0.15) is 0 Å². The third kappa shape index (κ3) is 2.82. The van der Waals surface area contributed by atoms with Crippen LogP contribution in [-0.2, 0) is 16.0 Å². The molecule has 4 heteroatoms. The normalized spacial score (nSPS) is 9.69. The summed E-state index contributed by atoms with van der Waals surface area (Å²) in [7, 11) is 1.33. The Morgan fingerprint density at radius 1 is 1.38 bits per heavy atom. The number of benzene rings is 1. The molecular weight excluding hydrogens is 206 g/mol. The summed E-state index contributed by atoms with van der Waals surface area (Å²) in [6.45, 7) is 3.42. The van der Waals surface area contributed by atoms with Crippen LogP contribution in [0.25, 0.3) is 0 Å². The number of ether oxygens (including phenoxy) is 1. The largest absolute Gasteiger partial charge is 0.465 e. The predicted molar refractivity (Wildman–Crippen MR) is 61.5 cm³/mol. The summed E-state index contributed by atoms with van der Waals surface area (Å²) in [5.74, 6) is -0.564. The van der Waals surface area contributed by atoms with Crippen molar-refractivity contribution in [3.63, 3.8) is 0 Å². The van der Waals surface area contributed by atoms with Crippen LogP contribution in [0.1, 0.15) is 29.8 Å². The van der Waals surface area contributed by atoms with Gasteiger partial charge in [-0.05, 0) is 24.1 Å². The summed E-state index contributed by atoms with van der Waals surface area (Å²) in [6.07, 6.45) is 0.789. The lowest BCUT2D eigenvalue weighted by Gasteiger charge is -2.09. The van der Waals surface area contributed by atoms with E-state index in [1.165, 1.54) is 14.0 Å². The Hall–Kier alpha value is -1.84. The van der Waals surface area contributed by atoms with Crippen LogP contribution in [0, 0.1) is 0 Å². The fraction of sp³-hybridized carbons (Fsp3) is 0.333. The van der Waals surface area contributed by atoms with E-state index in [4.69, 9.17) is 0 Å². The van der Waals surface area contributed by atoms with Crippen LogP contribution in [0.4, 0.5) is 5.69 Å². The van der Waals surface area contributed by atoms with Crippen molar-refractivity contribution in [2.75, 3.05) is 12.4 Å². The van der Waals surface area contributed by atoms with Crippen LogP contribution >= 0.6 is 0 Å². The van der Waals surface area contributed by atoms with Crippen molar-refractivity contribution in [1.29, 1.82) is 0 Å². The number of carbonyl (C=O) groups excluding carboxylic acids is 2. The lowest BCUT2D eigenvalue weighted by molar-refractivity contribution is -0.114. The predicted octanol–water partition coefficient (Wildman–Crippen LogP) is 1.99. The molecule has 0 radical (unpaired) electrons. The van der Waals surface area contributed by atoms with Gasteiger partial charge in [-0.25, -0.2) is 4.79 Å². The van der Waals surface area contributed by atoms with Gasteiger partial charge in [0.05, 0.1) is 12.7 Å². The molecule has 0 aliphatic rings. The molecule has 4 nitrogen and oxygen atoms in total.